The van der Waals surface area contributed by atoms with Crippen LogP contribution in [-0.4, -0.2) is 32.0 Å². The SMILES string of the molecule is C=C(CCCCCCCCCC)OOCCOC(C)[C@H]1OCC(C)C1C. The minimum absolute atomic E-state index is 0.0825. The van der Waals surface area contributed by atoms with Gasteiger partial charge >= 0.3 is 0 Å². The van der Waals surface area contributed by atoms with Gasteiger partial charge in [-0.05, 0) is 25.2 Å². The van der Waals surface area contributed by atoms with Crippen LogP contribution in [0.15, 0.2) is 12.3 Å². The van der Waals surface area contributed by atoms with Crippen LogP contribution in [-0.2, 0) is 19.2 Å². The van der Waals surface area contributed by atoms with Crippen LogP contribution in [0.1, 0.15) is 85.5 Å². The second kappa shape index (κ2) is 14.5. The minimum atomic E-state index is 0.0825. The second-order valence-electron chi connectivity index (χ2n) is 7.88. The normalized spacial score (nSPS) is 23.9. The summed E-state index contributed by atoms with van der Waals surface area (Å²) in [6.07, 6.45) is 11.6. The van der Waals surface area contributed by atoms with Gasteiger partial charge in [0.1, 0.15) is 12.4 Å². The molecule has 0 spiro atoms. The Morgan fingerprint density at radius 2 is 1.69 bits per heavy atom. The maximum absolute atomic E-state index is 5.82. The molecule has 1 saturated heterocycles. The van der Waals surface area contributed by atoms with E-state index in [0.717, 1.165) is 19.4 Å². The van der Waals surface area contributed by atoms with Gasteiger partial charge in [0, 0.05) is 13.0 Å². The van der Waals surface area contributed by atoms with Crippen molar-refractivity contribution in [3.05, 3.63) is 12.3 Å². The third-order valence-corrected chi connectivity index (χ3v) is 5.46. The second-order valence-corrected chi connectivity index (χ2v) is 7.88. The van der Waals surface area contributed by atoms with E-state index < -0.39 is 0 Å². The first-order valence-corrected chi connectivity index (χ1v) is 10.8. The summed E-state index contributed by atoms with van der Waals surface area (Å²) < 4.78 is 11.6. The van der Waals surface area contributed by atoms with Gasteiger partial charge in [-0.15, -0.1) is 0 Å². The fraction of sp³-hybridized carbons (Fsp3) is 0.909. The third kappa shape index (κ3) is 9.94. The molecule has 0 bridgehead atoms. The Bertz CT molecular complexity index is 358. The average Bonchev–Trinajstić information content (AvgIpc) is 2.96. The third-order valence-electron chi connectivity index (χ3n) is 5.46. The number of allylic oxidation sites excluding steroid dienone is 1. The Morgan fingerprint density at radius 3 is 2.31 bits per heavy atom. The standard InChI is InChI=1S/C22H42O4/c1-6-7-8-9-10-11-12-13-14-19(3)26-25-16-15-23-21(5)22-20(4)18(2)17-24-22/h18,20-22H,3,6-17H2,1-2,4-5H3/t18?,20?,21?,22-/m0/s1. The Balaban J connectivity index is 1.90. The van der Waals surface area contributed by atoms with E-state index in [0.29, 0.717) is 30.8 Å². The Hall–Kier alpha value is -0.580. The monoisotopic (exact) mass is 370 g/mol. The lowest BCUT2D eigenvalue weighted by Gasteiger charge is -2.23. The number of ether oxygens (including phenoxy) is 2. The molecule has 0 aromatic rings. The largest absolute Gasteiger partial charge is 0.375 e. The molecule has 0 saturated carbocycles. The Labute approximate surface area is 161 Å². The van der Waals surface area contributed by atoms with E-state index in [2.05, 4.69) is 34.3 Å². The van der Waals surface area contributed by atoms with Crippen molar-refractivity contribution < 1.29 is 19.2 Å². The smallest absolute Gasteiger partial charge is 0.135 e. The summed E-state index contributed by atoms with van der Waals surface area (Å²) in [4.78, 5) is 10.5. The van der Waals surface area contributed by atoms with E-state index in [1.165, 1.54) is 44.9 Å². The van der Waals surface area contributed by atoms with Crippen molar-refractivity contribution in [3.8, 4) is 0 Å². The Kier molecular flexibility index (Phi) is 13.1. The van der Waals surface area contributed by atoms with Gasteiger partial charge in [0.15, 0.2) is 0 Å². The van der Waals surface area contributed by atoms with E-state index in [4.69, 9.17) is 19.2 Å². The first-order valence-electron chi connectivity index (χ1n) is 10.8. The highest BCUT2D eigenvalue weighted by molar-refractivity contribution is 4.82. The molecule has 26 heavy (non-hydrogen) atoms. The van der Waals surface area contributed by atoms with Crippen molar-refractivity contribution in [2.24, 2.45) is 11.8 Å². The predicted molar refractivity (Wildman–Crippen MR) is 107 cm³/mol. The predicted octanol–water partition coefficient (Wildman–Crippen LogP) is 6.06. The fourth-order valence-electron chi connectivity index (χ4n) is 3.44. The number of rotatable bonds is 16. The van der Waals surface area contributed by atoms with Crippen LogP contribution in [0.2, 0.25) is 0 Å². The van der Waals surface area contributed by atoms with Gasteiger partial charge < -0.3 is 14.4 Å². The number of unbranched alkanes of at least 4 members (excludes halogenated alkanes) is 7. The molecule has 0 aromatic heterocycles. The van der Waals surface area contributed by atoms with Gasteiger partial charge in [-0.3, -0.25) is 0 Å². The van der Waals surface area contributed by atoms with Gasteiger partial charge in [-0.2, -0.15) is 4.89 Å². The molecule has 3 unspecified atom stereocenters. The quantitative estimate of drug-likeness (QED) is 0.143. The molecule has 1 heterocycles. The molecule has 0 N–H and O–H groups in total. The molecule has 0 aromatic carbocycles. The average molecular weight is 371 g/mol. The number of hydrogen-bond acceptors (Lipinski definition) is 4. The van der Waals surface area contributed by atoms with E-state index >= 15 is 0 Å². The van der Waals surface area contributed by atoms with Gasteiger partial charge in [0.25, 0.3) is 0 Å². The zero-order valence-corrected chi connectivity index (χ0v) is 17.6. The lowest BCUT2D eigenvalue weighted by atomic mass is 9.92. The van der Waals surface area contributed by atoms with Crippen LogP contribution in [0.4, 0.5) is 0 Å². The summed E-state index contributed by atoms with van der Waals surface area (Å²) in [5.74, 6) is 1.85. The van der Waals surface area contributed by atoms with Crippen LogP contribution in [0, 0.1) is 11.8 Å². The van der Waals surface area contributed by atoms with Gasteiger partial charge in [-0.25, -0.2) is 0 Å². The highest BCUT2D eigenvalue weighted by Gasteiger charge is 2.34. The minimum Gasteiger partial charge on any atom is -0.375 e. The van der Waals surface area contributed by atoms with Gasteiger partial charge in [0.2, 0.25) is 0 Å². The fourth-order valence-corrected chi connectivity index (χ4v) is 3.44. The lowest BCUT2D eigenvalue weighted by Crippen LogP contribution is -2.32. The van der Waals surface area contributed by atoms with Crippen molar-refractivity contribution in [2.75, 3.05) is 19.8 Å². The van der Waals surface area contributed by atoms with E-state index in [1.54, 1.807) is 0 Å². The molecule has 154 valence electrons. The summed E-state index contributed by atoms with van der Waals surface area (Å²) in [7, 11) is 0. The van der Waals surface area contributed by atoms with Crippen LogP contribution >= 0.6 is 0 Å². The first-order chi connectivity index (χ1) is 12.6. The molecule has 4 nitrogen and oxygen atoms in total. The van der Waals surface area contributed by atoms with Crippen molar-refractivity contribution in [3.63, 3.8) is 0 Å². The molecule has 0 radical (unpaired) electrons. The van der Waals surface area contributed by atoms with E-state index in [-0.39, 0.29) is 12.2 Å². The van der Waals surface area contributed by atoms with Crippen molar-refractivity contribution in [2.45, 2.75) is 97.7 Å². The molecule has 4 atom stereocenters. The zero-order valence-electron chi connectivity index (χ0n) is 17.6. The highest BCUT2D eigenvalue weighted by atomic mass is 17.2. The lowest BCUT2D eigenvalue weighted by molar-refractivity contribution is -0.271. The van der Waals surface area contributed by atoms with Crippen LogP contribution < -0.4 is 0 Å². The summed E-state index contributed by atoms with van der Waals surface area (Å²) in [6.45, 7) is 14.5. The molecule has 1 aliphatic heterocycles. The van der Waals surface area contributed by atoms with Crippen LogP contribution in [0.3, 0.4) is 0 Å². The zero-order chi connectivity index (χ0) is 19.2. The van der Waals surface area contributed by atoms with Gasteiger partial charge in [-0.1, -0.05) is 72.3 Å². The summed E-state index contributed by atoms with van der Waals surface area (Å²) >= 11 is 0. The maximum atomic E-state index is 5.82. The highest BCUT2D eigenvalue weighted by Crippen LogP contribution is 2.29. The van der Waals surface area contributed by atoms with Gasteiger partial charge in [0.05, 0.1) is 18.8 Å². The molecule has 1 aliphatic rings. The van der Waals surface area contributed by atoms with E-state index in [9.17, 15) is 0 Å². The molecule has 4 heteroatoms. The topological polar surface area (TPSA) is 36.9 Å². The summed E-state index contributed by atoms with van der Waals surface area (Å²) in [5, 5.41) is 0. The maximum Gasteiger partial charge on any atom is 0.135 e. The molecular weight excluding hydrogens is 328 g/mol. The molecular formula is C22H42O4. The van der Waals surface area contributed by atoms with Crippen molar-refractivity contribution in [1.82, 2.24) is 0 Å². The summed E-state index contributed by atoms with van der Waals surface area (Å²) in [5.41, 5.74) is 0. The van der Waals surface area contributed by atoms with Crippen molar-refractivity contribution >= 4 is 0 Å². The van der Waals surface area contributed by atoms with Crippen molar-refractivity contribution in [1.29, 1.82) is 0 Å². The molecule has 1 fully saturated rings. The number of hydrogen-bond donors (Lipinski definition) is 0. The molecule has 0 amide bonds. The van der Waals surface area contributed by atoms with Crippen LogP contribution in [0.25, 0.3) is 0 Å². The molecule has 1 rings (SSSR count). The first kappa shape index (κ1) is 23.5. The van der Waals surface area contributed by atoms with E-state index in [1.807, 2.05) is 0 Å². The Morgan fingerprint density at radius 1 is 1.04 bits per heavy atom. The summed E-state index contributed by atoms with van der Waals surface area (Å²) in [6, 6.07) is 0. The molecule has 0 aliphatic carbocycles. The van der Waals surface area contributed by atoms with Crippen LogP contribution in [0.5, 0.6) is 0 Å².